The maximum Gasteiger partial charge on any atom is 0.226 e. The summed E-state index contributed by atoms with van der Waals surface area (Å²) in [5.41, 5.74) is 0. The average molecular weight is 179 g/mol. The Balaban J connectivity index is 2.02. The highest BCUT2D eigenvalue weighted by atomic mass is 16.3. The Bertz CT molecular complexity index is 287. The minimum Gasteiger partial charge on any atom is -0.373 e. The van der Waals surface area contributed by atoms with Crippen LogP contribution in [0.25, 0.3) is 0 Å². The summed E-state index contributed by atoms with van der Waals surface area (Å²) in [5.74, 6) is 1.06. The maximum absolute atomic E-state index is 11.5. The van der Waals surface area contributed by atoms with Crippen LogP contribution in [0.15, 0.2) is 12.2 Å². The average Bonchev–Trinajstić information content (AvgIpc) is 2.47. The Morgan fingerprint density at radius 2 is 2.00 bits per heavy atom. The summed E-state index contributed by atoms with van der Waals surface area (Å²) in [7, 11) is 0. The van der Waals surface area contributed by atoms with Crippen molar-refractivity contribution in [1.29, 1.82) is 0 Å². The fourth-order valence-electron chi connectivity index (χ4n) is 3.17. The van der Waals surface area contributed by atoms with E-state index in [9.17, 15) is 9.90 Å². The molecule has 1 heterocycles. The van der Waals surface area contributed by atoms with Gasteiger partial charge in [-0.25, -0.2) is 0 Å². The van der Waals surface area contributed by atoms with E-state index in [4.69, 9.17) is 0 Å². The Morgan fingerprint density at radius 3 is 2.62 bits per heavy atom. The fourth-order valence-corrected chi connectivity index (χ4v) is 3.17. The minimum absolute atomic E-state index is 0.0524. The number of hydrogen-bond donors (Lipinski definition) is 2. The monoisotopic (exact) mass is 179 g/mol. The summed E-state index contributed by atoms with van der Waals surface area (Å²) in [4.78, 5) is 11.5. The van der Waals surface area contributed by atoms with Gasteiger partial charge in [0.2, 0.25) is 5.91 Å². The van der Waals surface area contributed by atoms with Crippen molar-refractivity contribution in [3.8, 4) is 0 Å². The van der Waals surface area contributed by atoms with Gasteiger partial charge in [-0.2, -0.15) is 0 Å². The van der Waals surface area contributed by atoms with Gasteiger partial charge in [0.25, 0.3) is 0 Å². The molecule has 3 heteroatoms. The van der Waals surface area contributed by atoms with Gasteiger partial charge in [-0.15, -0.1) is 0 Å². The minimum atomic E-state index is -0.602. The molecule has 2 bridgehead atoms. The quantitative estimate of drug-likeness (QED) is 0.524. The third kappa shape index (κ3) is 0.854. The molecule has 1 aliphatic heterocycles. The van der Waals surface area contributed by atoms with Crippen molar-refractivity contribution in [3.05, 3.63) is 12.2 Å². The lowest BCUT2D eigenvalue weighted by atomic mass is 9.63. The molecule has 70 valence electrons. The number of hydrogen-bond acceptors (Lipinski definition) is 2. The molecule has 4 rings (SSSR count). The number of aliphatic hydroxyl groups excluding tert-OH is 1. The lowest BCUT2D eigenvalue weighted by molar-refractivity contribution is -0.125. The first-order valence-corrected chi connectivity index (χ1v) is 4.94. The van der Waals surface area contributed by atoms with Crippen molar-refractivity contribution in [2.45, 2.75) is 19.1 Å². The molecule has 0 radical (unpaired) electrons. The van der Waals surface area contributed by atoms with Crippen molar-refractivity contribution in [1.82, 2.24) is 5.32 Å². The molecule has 1 amide bonds. The van der Waals surface area contributed by atoms with Crippen LogP contribution in [0.5, 0.6) is 0 Å². The first-order chi connectivity index (χ1) is 6.27. The molecule has 1 saturated carbocycles. The van der Waals surface area contributed by atoms with Crippen LogP contribution in [0.3, 0.4) is 0 Å². The van der Waals surface area contributed by atoms with Gasteiger partial charge in [0.1, 0.15) is 6.23 Å². The molecule has 3 nitrogen and oxygen atoms in total. The topological polar surface area (TPSA) is 49.3 Å². The number of fused-ring (bicyclic) bond motifs is 1. The van der Waals surface area contributed by atoms with E-state index in [1.807, 2.05) is 0 Å². The van der Waals surface area contributed by atoms with Crippen molar-refractivity contribution in [2.75, 3.05) is 0 Å². The Labute approximate surface area is 76.8 Å². The number of amides is 1. The first kappa shape index (κ1) is 7.56. The highest BCUT2D eigenvalue weighted by molar-refractivity contribution is 5.82. The molecule has 4 aliphatic rings. The van der Waals surface area contributed by atoms with E-state index in [0.29, 0.717) is 11.8 Å². The van der Waals surface area contributed by atoms with E-state index < -0.39 is 6.23 Å². The van der Waals surface area contributed by atoms with Gasteiger partial charge in [-0.3, -0.25) is 4.79 Å². The predicted molar refractivity (Wildman–Crippen MR) is 46.5 cm³/mol. The maximum atomic E-state index is 11.5. The molecular weight excluding hydrogens is 166 g/mol. The summed E-state index contributed by atoms with van der Waals surface area (Å²) in [5, 5.41) is 12.3. The Morgan fingerprint density at radius 1 is 1.31 bits per heavy atom. The van der Waals surface area contributed by atoms with Crippen LogP contribution in [-0.2, 0) is 4.79 Å². The molecule has 2 fully saturated rings. The van der Waals surface area contributed by atoms with Gasteiger partial charge in [0.15, 0.2) is 0 Å². The van der Waals surface area contributed by atoms with Crippen molar-refractivity contribution < 1.29 is 9.90 Å². The van der Waals surface area contributed by atoms with Gasteiger partial charge >= 0.3 is 0 Å². The number of nitrogens with one attached hydrogen (secondary N) is 1. The van der Waals surface area contributed by atoms with Crippen LogP contribution in [0, 0.1) is 23.7 Å². The molecule has 0 aromatic heterocycles. The Kier molecular flexibility index (Phi) is 1.37. The molecule has 3 aliphatic carbocycles. The molecule has 0 aromatic carbocycles. The molecule has 1 saturated heterocycles. The zero-order chi connectivity index (χ0) is 9.00. The smallest absolute Gasteiger partial charge is 0.226 e. The van der Waals surface area contributed by atoms with Gasteiger partial charge in [0, 0.05) is 5.92 Å². The van der Waals surface area contributed by atoms with E-state index >= 15 is 0 Å². The fraction of sp³-hybridized carbons (Fsp3) is 0.700. The summed E-state index contributed by atoms with van der Waals surface area (Å²) < 4.78 is 0. The lowest BCUT2D eigenvalue weighted by Gasteiger charge is -2.40. The second kappa shape index (κ2) is 2.35. The number of aliphatic hydroxyl groups is 1. The Hall–Kier alpha value is -0.830. The zero-order valence-electron chi connectivity index (χ0n) is 7.31. The van der Waals surface area contributed by atoms with E-state index in [1.54, 1.807) is 0 Å². The number of carbonyl (C=O) groups is 1. The van der Waals surface area contributed by atoms with Crippen LogP contribution in [0.1, 0.15) is 12.8 Å². The normalized spacial score (nSPS) is 52.1. The summed E-state index contributed by atoms with van der Waals surface area (Å²) in [6, 6.07) is 0. The number of rotatable bonds is 0. The van der Waals surface area contributed by atoms with Gasteiger partial charge in [-0.05, 0) is 24.7 Å². The number of carbonyl (C=O) groups excluding carboxylic acids is 1. The van der Waals surface area contributed by atoms with Crippen LogP contribution >= 0.6 is 0 Å². The second-order valence-electron chi connectivity index (χ2n) is 4.35. The predicted octanol–water partition coefficient (Wildman–Crippen LogP) is 0.263. The van der Waals surface area contributed by atoms with Crippen molar-refractivity contribution >= 4 is 5.91 Å². The molecule has 2 N–H and O–H groups in total. The first-order valence-electron chi connectivity index (χ1n) is 4.94. The van der Waals surface area contributed by atoms with E-state index in [-0.39, 0.29) is 17.7 Å². The van der Waals surface area contributed by atoms with Crippen molar-refractivity contribution in [3.63, 3.8) is 0 Å². The van der Waals surface area contributed by atoms with Gasteiger partial charge in [0.05, 0.1) is 5.92 Å². The molecule has 0 aromatic rings. The molecular formula is C10H13NO2. The number of allylic oxidation sites excluding steroid dienone is 2. The highest BCUT2D eigenvalue weighted by Crippen LogP contribution is 2.48. The van der Waals surface area contributed by atoms with E-state index in [1.165, 1.54) is 0 Å². The molecule has 13 heavy (non-hydrogen) atoms. The van der Waals surface area contributed by atoms with Gasteiger partial charge in [-0.1, -0.05) is 12.2 Å². The molecule has 0 spiro atoms. The van der Waals surface area contributed by atoms with Crippen molar-refractivity contribution in [2.24, 2.45) is 23.7 Å². The standard InChI is InChI=1S/C10H13NO2/c12-9-7-5-1-2-6(4-3-5)8(7)10(13)11-9/h1-2,5-9,12H,3-4H2,(H,11,13). The third-order valence-corrected chi connectivity index (χ3v) is 3.77. The highest BCUT2D eigenvalue weighted by Gasteiger charge is 2.52. The van der Waals surface area contributed by atoms with Gasteiger partial charge < -0.3 is 10.4 Å². The van der Waals surface area contributed by atoms with E-state index in [2.05, 4.69) is 17.5 Å². The molecule has 5 unspecified atom stereocenters. The third-order valence-electron chi connectivity index (χ3n) is 3.77. The molecule has 5 atom stereocenters. The van der Waals surface area contributed by atoms with Crippen LogP contribution in [-0.4, -0.2) is 17.2 Å². The van der Waals surface area contributed by atoms with Crippen LogP contribution in [0.4, 0.5) is 0 Å². The zero-order valence-corrected chi connectivity index (χ0v) is 7.31. The SMILES string of the molecule is O=C1NC(O)C2C3C=CC(CC3)C12. The van der Waals surface area contributed by atoms with Crippen LogP contribution < -0.4 is 5.32 Å². The summed E-state index contributed by atoms with van der Waals surface area (Å²) in [6.07, 6.45) is 5.98. The summed E-state index contributed by atoms with van der Waals surface area (Å²) >= 11 is 0. The van der Waals surface area contributed by atoms with Crippen LogP contribution in [0.2, 0.25) is 0 Å². The summed E-state index contributed by atoms with van der Waals surface area (Å²) in [6.45, 7) is 0. The largest absolute Gasteiger partial charge is 0.373 e. The lowest BCUT2D eigenvalue weighted by Crippen LogP contribution is -2.39. The second-order valence-corrected chi connectivity index (χ2v) is 4.35. The van der Waals surface area contributed by atoms with E-state index in [0.717, 1.165) is 12.8 Å².